The van der Waals surface area contributed by atoms with Crippen LogP contribution < -0.4 is 16.0 Å². The predicted molar refractivity (Wildman–Crippen MR) is 157 cm³/mol. The molecule has 0 radical (unpaired) electrons. The van der Waals surface area contributed by atoms with Gasteiger partial charge in [-0.1, -0.05) is 69.4 Å². The number of rotatable bonds is 10. The minimum atomic E-state index is -1.15. The van der Waals surface area contributed by atoms with Crippen molar-refractivity contribution in [3.05, 3.63) is 35.9 Å². The minimum Gasteiger partial charge on any atom is -0.385 e. The van der Waals surface area contributed by atoms with Crippen molar-refractivity contribution in [1.82, 2.24) is 20.9 Å². The summed E-state index contributed by atoms with van der Waals surface area (Å²) in [6.07, 6.45) is 6.75. The SMILES string of the molecule is CC[C@@H](O)C(=O)CCCCC[C@@H]1NC(=O)[C@H]2CCCN2C(=O)[C@H](Cc2ccccc2)NC(=O)C2(CCCCC2)NC1=O. The highest BCUT2D eigenvalue weighted by atomic mass is 16.3. The lowest BCUT2D eigenvalue weighted by Crippen LogP contribution is -2.67. The Morgan fingerprint density at radius 1 is 0.952 bits per heavy atom. The topological polar surface area (TPSA) is 145 Å². The summed E-state index contributed by atoms with van der Waals surface area (Å²) in [6, 6.07) is 7.07. The molecule has 2 saturated heterocycles. The largest absolute Gasteiger partial charge is 0.385 e. The second-order valence-corrected chi connectivity index (χ2v) is 12.1. The Balaban J connectivity index is 1.55. The van der Waals surface area contributed by atoms with E-state index in [0.29, 0.717) is 70.8 Å². The molecule has 3 fully saturated rings. The Bertz CT molecular complexity index is 1120. The van der Waals surface area contributed by atoms with Gasteiger partial charge in [0.05, 0.1) is 0 Å². The molecule has 1 aliphatic carbocycles. The number of nitrogens with zero attached hydrogens (tertiary/aromatic N) is 1. The first-order chi connectivity index (χ1) is 20.2. The van der Waals surface area contributed by atoms with Crippen LogP contribution in [0.3, 0.4) is 0 Å². The van der Waals surface area contributed by atoms with Gasteiger partial charge in [-0.05, 0) is 50.5 Å². The van der Waals surface area contributed by atoms with Crippen molar-refractivity contribution in [2.45, 2.75) is 127 Å². The third-order valence-electron chi connectivity index (χ3n) is 9.04. The molecule has 2 aliphatic heterocycles. The fourth-order valence-electron chi connectivity index (χ4n) is 6.49. The lowest BCUT2D eigenvalue weighted by molar-refractivity contribution is -0.145. The van der Waals surface area contributed by atoms with Crippen LogP contribution in [0.25, 0.3) is 0 Å². The number of carbonyl (C=O) groups is 5. The molecule has 1 aromatic rings. The fourth-order valence-corrected chi connectivity index (χ4v) is 6.49. The van der Waals surface area contributed by atoms with Crippen molar-refractivity contribution in [3.63, 3.8) is 0 Å². The monoisotopic (exact) mass is 582 g/mol. The Morgan fingerprint density at radius 2 is 1.69 bits per heavy atom. The molecule has 1 aromatic carbocycles. The maximum atomic E-state index is 14.0. The van der Waals surface area contributed by atoms with E-state index in [4.69, 9.17) is 0 Å². The average molecular weight is 583 g/mol. The van der Waals surface area contributed by atoms with Crippen LogP contribution in [0.4, 0.5) is 0 Å². The van der Waals surface area contributed by atoms with Crippen molar-refractivity contribution < 1.29 is 29.1 Å². The molecule has 1 saturated carbocycles. The summed E-state index contributed by atoms with van der Waals surface area (Å²) in [4.78, 5) is 68.7. The first-order valence-corrected chi connectivity index (χ1v) is 15.7. The summed E-state index contributed by atoms with van der Waals surface area (Å²) in [5, 5.41) is 18.7. The highest BCUT2D eigenvalue weighted by Crippen LogP contribution is 2.30. The molecule has 2 heterocycles. The zero-order valence-corrected chi connectivity index (χ0v) is 24.7. The molecule has 4 atom stereocenters. The normalized spacial score (nSPS) is 25.5. The zero-order valence-electron chi connectivity index (χ0n) is 24.7. The Hall–Kier alpha value is -3.27. The summed E-state index contributed by atoms with van der Waals surface area (Å²) < 4.78 is 0. The van der Waals surface area contributed by atoms with Crippen molar-refractivity contribution >= 4 is 29.4 Å². The number of unbranched alkanes of at least 4 members (excludes halogenated alkanes) is 2. The molecule has 0 unspecified atom stereocenters. The number of hydrogen-bond donors (Lipinski definition) is 4. The number of fused-ring (bicyclic) bond motifs is 1. The van der Waals surface area contributed by atoms with Crippen molar-refractivity contribution in [2.24, 2.45) is 0 Å². The van der Waals surface area contributed by atoms with Crippen molar-refractivity contribution in [2.75, 3.05) is 6.54 Å². The molecule has 4 amide bonds. The van der Waals surface area contributed by atoms with Gasteiger partial charge in [-0.3, -0.25) is 24.0 Å². The lowest BCUT2D eigenvalue weighted by Gasteiger charge is -2.40. The second kappa shape index (κ2) is 14.8. The van der Waals surface area contributed by atoms with Gasteiger partial charge in [0.1, 0.15) is 29.8 Å². The van der Waals surface area contributed by atoms with Crippen LogP contribution in [0.15, 0.2) is 30.3 Å². The molecule has 1 spiro atoms. The van der Waals surface area contributed by atoms with E-state index >= 15 is 0 Å². The average Bonchev–Trinajstić information content (AvgIpc) is 3.49. The molecule has 3 aliphatic rings. The molecular weight excluding hydrogens is 536 g/mol. The predicted octanol–water partition coefficient (Wildman–Crippen LogP) is 2.31. The molecule has 0 bridgehead atoms. The number of carbonyl (C=O) groups excluding carboxylic acids is 5. The van der Waals surface area contributed by atoms with Crippen LogP contribution in [0.5, 0.6) is 0 Å². The van der Waals surface area contributed by atoms with Gasteiger partial charge in [0.2, 0.25) is 23.6 Å². The lowest BCUT2D eigenvalue weighted by atomic mass is 9.80. The number of aliphatic hydroxyl groups excluding tert-OH is 1. The third kappa shape index (κ3) is 7.76. The van der Waals surface area contributed by atoms with E-state index in [1.165, 1.54) is 0 Å². The van der Waals surface area contributed by atoms with Crippen LogP contribution in [-0.2, 0) is 30.4 Å². The number of benzene rings is 1. The standard InChI is InChI=1S/C32H46N4O6/c1-2-26(37)27(38)17-9-4-8-15-23-28(39)35-32(18-10-5-11-19-32)31(42)34-24(21-22-13-6-3-7-14-22)30(41)36-20-12-16-25(36)29(40)33-23/h3,6-7,13-14,23-26,37H,2,4-5,8-12,15-21H2,1H3,(H,33,40)(H,34,42)(H,35,39)/t23-,24-,25+,26+/m0/s1. The van der Waals surface area contributed by atoms with Crippen LogP contribution in [-0.4, -0.2) is 75.7 Å². The van der Waals surface area contributed by atoms with Gasteiger partial charge >= 0.3 is 0 Å². The first-order valence-electron chi connectivity index (χ1n) is 15.7. The highest BCUT2D eigenvalue weighted by molar-refractivity contribution is 5.99. The maximum absolute atomic E-state index is 14.0. The van der Waals surface area contributed by atoms with E-state index in [1.54, 1.807) is 11.8 Å². The highest BCUT2D eigenvalue weighted by Gasteiger charge is 2.46. The van der Waals surface area contributed by atoms with Gasteiger partial charge in [-0.15, -0.1) is 0 Å². The molecule has 4 N–H and O–H groups in total. The van der Waals surface area contributed by atoms with Gasteiger partial charge in [-0.2, -0.15) is 0 Å². The quantitative estimate of drug-likeness (QED) is 0.312. The number of aliphatic hydroxyl groups is 1. The summed E-state index contributed by atoms with van der Waals surface area (Å²) >= 11 is 0. The van der Waals surface area contributed by atoms with Crippen LogP contribution in [0.1, 0.15) is 96.0 Å². The third-order valence-corrected chi connectivity index (χ3v) is 9.04. The Labute approximate surface area is 248 Å². The van der Waals surface area contributed by atoms with Crippen LogP contribution in [0.2, 0.25) is 0 Å². The Kier molecular flexibility index (Phi) is 11.1. The molecule has 0 aromatic heterocycles. The second-order valence-electron chi connectivity index (χ2n) is 12.1. The van der Waals surface area contributed by atoms with Gasteiger partial charge in [0, 0.05) is 19.4 Å². The van der Waals surface area contributed by atoms with Crippen molar-refractivity contribution in [3.8, 4) is 0 Å². The summed E-state index contributed by atoms with van der Waals surface area (Å²) in [5.74, 6) is -1.56. The van der Waals surface area contributed by atoms with Gasteiger partial charge in [0.15, 0.2) is 5.78 Å². The van der Waals surface area contributed by atoms with E-state index in [9.17, 15) is 29.1 Å². The first kappa shape index (κ1) is 31.7. The number of ketones is 1. The van der Waals surface area contributed by atoms with Gasteiger partial charge in [-0.25, -0.2) is 0 Å². The molecular formula is C32H46N4O6. The Morgan fingerprint density at radius 3 is 2.40 bits per heavy atom. The summed E-state index contributed by atoms with van der Waals surface area (Å²) in [7, 11) is 0. The zero-order chi connectivity index (χ0) is 30.1. The number of Topliss-reactive ketones (excluding diaryl/α,β-unsaturated/α-hetero) is 1. The molecule has 230 valence electrons. The van der Waals surface area contributed by atoms with E-state index in [1.807, 2.05) is 30.3 Å². The minimum absolute atomic E-state index is 0.184. The number of nitrogens with one attached hydrogen (secondary N) is 3. The van der Waals surface area contributed by atoms with Gasteiger partial charge in [0.25, 0.3) is 0 Å². The van der Waals surface area contributed by atoms with E-state index in [2.05, 4.69) is 16.0 Å². The van der Waals surface area contributed by atoms with E-state index in [-0.39, 0.29) is 29.9 Å². The van der Waals surface area contributed by atoms with E-state index < -0.39 is 35.7 Å². The smallest absolute Gasteiger partial charge is 0.246 e. The van der Waals surface area contributed by atoms with Gasteiger partial charge < -0.3 is 26.0 Å². The number of hydrogen-bond acceptors (Lipinski definition) is 6. The molecule has 42 heavy (non-hydrogen) atoms. The number of amides is 4. The molecule has 10 heteroatoms. The van der Waals surface area contributed by atoms with Crippen LogP contribution >= 0.6 is 0 Å². The van der Waals surface area contributed by atoms with Crippen molar-refractivity contribution in [1.29, 1.82) is 0 Å². The molecule has 10 nitrogen and oxygen atoms in total. The van der Waals surface area contributed by atoms with E-state index in [0.717, 1.165) is 24.8 Å². The fraction of sp³-hybridized carbons (Fsp3) is 0.656. The maximum Gasteiger partial charge on any atom is 0.246 e. The summed E-state index contributed by atoms with van der Waals surface area (Å²) in [6.45, 7) is 2.17. The molecule has 4 rings (SSSR count). The summed E-state index contributed by atoms with van der Waals surface area (Å²) in [5.41, 5.74) is -0.254. The van der Waals surface area contributed by atoms with Crippen LogP contribution in [0, 0.1) is 0 Å².